The Bertz CT molecular complexity index is 908. The fourth-order valence-corrected chi connectivity index (χ4v) is 2.32. The van der Waals surface area contributed by atoms with Crippen LogP contribution in [0.15, 0.2) is 28.8 Å². The van der Waals surface area contributed by atoms with Crippen LogP contribution in [0, 0.1) is 6.92 Å². The van der Waals surface area contributed by atoms with Crippen LogP contribution < -0.4 is 14.8 Å². The van der Waals surface area contributed by atoms with Gasteiger partial charge in [0.2, 0.25) is 5.89 Å². The normalized spacial score (nSPS) is 10.6. The van der Waals surface area contributed by atoms with E-state index in [1.165, 1.54) is 0 Å². The van der Waals surface area contributed by atoms with Crippen molar-refractivity contribution in [2.45, 2.75) is 20.1 Å². The van der Waals surface area contributed by atoms with Crippen molar-refractivity contribution >= 4 is 17.5 Å². The summed E-state index contributed by atoms with van der Waals surface area (Å²) in [5.74, 6) is 1.60. The second kappa shape index (κ2) is 7.87. The molecule has 3 aromatic rings. The zero-order valence-corrected chi connectivity index (χ0v) is 14.8. The minimum atomic E-state index is -0.363. The first-order chi connectivity index (χ1) is 12.5. The number of aryl methyl sites for hydroxylation is 1. The fraction of sp³-hybridized carbons (Fsp3) is 0.250. The van der Waals surface area contributed by atoms with Gasteiger partial charge < -0.3 is 19.3 Å². The molecule has 9 nitrogen and oxygen atoms in total. The quantitative estimate of drug-likeness (QED) is 0.648. The van der Waals surface area contributed by atoms with Crippen LogP contribution in [0.5, 0.6) is 11.5 Å². The predicted molar refractivity (Wildman–Crippen MR) is 91.1 cm³/mol. The first-order valence-electron chi connectivity index (χ1n) is 7.63. The van der Waals surface area contributed by atoms with Gasteiger partial charge in [-0.1, -0.05) is 16.8 Å². The van der Waals surface area contributed by atoms with E-state index in [1.807, 2.05) is 0 Å². The molecule has 0 fully saturated rings. The van der Waals surface area contributed by atoms with Crippen LogP contribution in [0.1, 0.15) is 27.9 Å². The predicted octanol–water partition coefficient (Wildman–Crippen LogP) is 2.27. The molecule has 0 atom stereocenters. The third-order valence-electron chi connectivity index (χ3n) is 3.36. The van der Waals surface area contributed by atoms with Crippen LogP contribution in [-0.2, 0) is 13.2 Å². The minimum absolute atomic E-state index is 0.149. The van der Waals surface area contributed by atoms with E-state index in [1.54, 1.807) is 38.3 Å². The lowest BCUT2D eigenvalue weighted by Gasteiger charge is -2.08. The first-order valence-corrected chi connectivity index (χ1v) is 8.01. The Morgan fingerprint density at radius 2 is 2.23 bits per heavy atom. The maximum atomic E-state index is 12.1. The molecule has 0 bridgehead atoms. The van der Waals surface area contributed by atoms with E-state index in [0.717, 1.165) is 0 Å². The summed E-state index contributed by atoms with van der Waals surface area (Å²) in [4.78, 5) is 16.1. The van der Waals surface area contributed by atoms with Crippen LogP contribution in [0.3, 0.4) is 0 Å². The van der Waals surface area contributed by atoms with Crippen LogP contribution in [-0.4, -0.2) is 33.4 Å². The van der Waals surface area contributed by atoms with Crippen LogP contribution in [0.25, 0.3) is 0 Å². The molecule has 2 N–H and O–H groups in total. The van der Waals surface area contributed by atoms with E-state index in [9.17, 15) is 4.79 Å². The molecule has 136 valence electrons. The molecule has 0 aliphatic carbocycles. The number of halogens is 1. The average Bonchev–Trinajstić information content (AvgIpc) is 3.27. The lowest BCUT2D eigenvalue weighted by Crippen LogP contribution is -2.23. The number of benzene rings is 1. The number of H-pyrrole nitrogens is 1. The summed E-state index contributed by atoms with van der Waals surface area (Å²) in [6.07, 6.45) is 0. The summed E-state index contributed by atoms with van der Waals surface area (Å²) in [6, 6.07) is 6.70. The number of ether oxygens (including phenoxy) is 2. The maximum Gasteiger partial charge on any atom is 0.272 e. The molecular weight excluding hydrogens is 362 g/mol. The van der Waals surface area contributed by atoms with Gasteiger partial charge in [0, 0.05) is 13.0 Å². The highest BCUT2D eigenvalue weighted by molar-refractivity contribution is 6.32. The number of rotatable bonds is 7. The van der Waals surface area contributed by atoms with E-state index in [-0.39, 0.29) is 24.8 Å². The number of aromatic amines is 1. The van der Waals surface area contributed by atoms with Gasteiger partial charge in [0.25, 0.3) is 5.91 Å². The van der Waals surface area contributed by atoms with Gasteiger partial charge in [-0.05, 0) is 18.2 Å². The molecule has 0 saturated heterocycles. The van der Waals surface area contributed by atoms with E-state index >= 15 is 0 Å². The SMILES string of the molecule is COc1ccc(OCc2cc(C(=O)NCc3noc(C)n3)n[nH]2)c(Cl)c1. The van der Waals surface area contributed by atoms with Crippen LogP contribution >= 0.6 is 11.6 Å². The molecule has 0 aliphatic rings. The van der Waals surface area contributed by atoms with Crippen molar-refractivity contribution in [2.24, 2.45) is 0 Å². The molecule has 0 radical (unpaired) electrons. The number of amides is 1. The number of hydrogen-bond donors (Lipinski definition) is 2. The van der Waals surface area contributed by atoms with Gasteiger partial charge in [0.15, 0.2) is 5.82 Å². The minimum Gasteiger partial charge on any atom is -0.497 e. The van der Waals surface area contributed by atoms with E-state index in [2.05, 4.69) is 25.7 Å². The fourth-order valence-electron chi connectivity index (χ4n) is 2.10. The van der Waals surface area contributed by atoms with Crippen molar-refractivity contribution in [1.29, 1.82) is 0 Å². The standard InChI is InChI=1S/C16H16ClN5O4/c1-9-19-15(22-26-9)7-18-16(23)13-5-10(20-21-13)8-25-14-4-3-11(24-2)6-12(14)17/h3-6H,7-8H2,1-2H3,(H,18,23)(H,20,21). The number of nitrogens with zero attached hydrogens (tertiary/aromatic N) is 3. The molecule has 2 heterocycles. The monoisotopic (exact) mass is 377 g/mol. The molecule has 0 aliphatic heterocycles. The van der Waals surface area contributed by atoms with E-state index < -0.39 is 0 Å². The average molecular weight is 378 g/mol. The number of nitrogens with one attached hydrogen (secondary N) is 2. The molecule has 2 aromatic heterocycles. The third kappa shape index (κ3) is 4.31. The number of carbonyl (C=O) groups excluding carboxylic acids is 1. The second-order valence-electron chi connectivity index (χ2n) is 5.28. The molecule has 1 amide bonds. The molecule has 10 heteroatoms. The van der Waals surface area contributed by atoms with E-state index in [4.69, 9.17) is 25.6 Å². The maximum absolute atomic E-state index is 12.1. The van der Waals surface area contributed by atoms with Gasteiger partial charge in [-0.25, -0.2) is 0 Å². The largest absolute Gasteiger partial charge is 0.497 e. The summed E-state index contributed by atoms with van der Waals surface area (Å²) in [5, 5.41) is 13.5. The highest BCUT2D eigenvalue weighted by Gasteiger charge is 2.12. The summed E-state index contributed by atoms with van der Waals surface area (Å²) in [5.41, 5.74) is 0.849. The number of aromatic nitrogens is 4. The highest BCUT2D eigenvalue weighted by Crippen LogP contribution is 2.29. The Balaban J connectivity index is 1.54. The smallest absolute Gasteiger partial charge is 0.272 e. The summed E-state index contributed by atoms with van der Waals surface area (Å²) in [7, 11) is 1.56. The van der Waals surface area contributed by atoms with Gasteiger partial charge in [-0.15, -0.1) is 0 Å². The van der Waals surface area contributed by atoms with Crippen molar-refractivity contribution in [3.05, 3.63) is 52.4 Å². The third-order valence-corrected chi connectivity index (χ3v) is 3.66. The zero-order chi connectivity index (χ0) is 18.5. The Labute approximate surface area is 153 Å². The van der Waals surface area contributed by atoms with Crippen molar-refractivity contribution in [1.82, 2.24) is 25.7 Å². The van der Waals surface area contributed by atoms with Crippen molar-refractivity contribution in [3.63, 3.8) is 0 Å². The summed E-state index contributed by atoms with van der Waals surface area (Å²) in [6.45, 7) is 2.00. The zero-order valence-electron chi connectivity index (χ0n) is 14.1. The van der Waals surface area contributed by atoms with Crippen molar-refractivity contribution in [3.8, 4) is 11.5 Å². The summed E-state index contributed by atoms with van der Waals surface area (Å²) >= 11 is 6.12. The molecule has 0 saturated carbocycles. The molecule has 26 heavy (non-hydrogen) atoms. The highest BCUT2D eigenvalue weighted by atomic mass is 35.5. The molecule has 0 spiro atoms. The van der Waals surface area contributed by atoms with Crippen LogP contribution in [0.2, 0.25) is 5.02 Å². The van der Waals surface area contributed by atoms with Gasteiger partial charge in [0.1, 0.15) is 23.8 Å². The molecule has 0 unspecified atom stereocenters. The Morgan fingerprint density at radius 1 is 1.38 bits per heavy atom. The lowest BCUT2D eigenvalue weighted by atomic mass is 10.3. The Morgan fingerprint density at radius 3 is 2.92 bits per heavy atom. The first kappa shape index (κ1) is 17.7. The van der Waals surface area contributed by atoms with Crippen LogP contribution in [0.4, 0.5) is 0 Å². The number of methoxy groups -OCH3 is 1. The topological polar surface area (TPSA) is 115 Å². The van der Waals surface area contributed by atoms with Gasteiger partial charge in [-0.2, -0.15) is 10.1 Å². The second-order valence-corrected chi connectivity index (χ2v) is 5.68. The van der Waals surface area contributed by atoms with Gasteiger partial charge in [-0.3, -0.25) is 9.89 Å². The molecular formula is C16H16ClN5O4. The van der Waals surface area contributed by atoms with Gasteiger partial charge >= 0.3 is 0 Å². The Kier molecular flexibility index (Phi) is 5.37. The molecule has 3 rings (SSSR count). The number of carbonyl (C=O) groups is 1. The lowest BCUT2D eigenvalue weighted by molar-refractivity contribution is 0.0944. The van der Waals surface area contributed by atoms with Crippen molar-refractivity contribution in [2.75, 3.05) is 7.11 Å². The summed E-state index contributed by atoms with van der Waals surface area (Å²) < 4.78 is 15.5. The number of hydrogen-bond acceptors (Lipinski definition) is 7. The Hall–Kier alpha value is -3.07. The van der Waals surface area contributed by atoms with Crippen molar-refractivity contribution < 1.29 is 18.8 Å². The van der Waals surface area contributed by atoms with Gasteiger partial charge in [0.05, 0.1) is 24.4 Å². The van der Waals surface area contributed by atoms with E-state index in [0.29, 0.717) is 33.9 Å². The molecule has 1 aromatic carbocycles.